The predicted octanol–water partition coefficient (Wildman–Crippen LogP) is -2.43. The monoisotopic (exact) mass is 512 g/mol. The summed E-state index contributed by atoms with van der Waals surface area (Å²) in [6, 6.07) is 9.73. The van der Waals surface area contributed by atoms with Gasteiger partial charge in [0.15, 0.2) is 0 Å². The molecular weight excluding hydrogens is 499 g/mol. The van der Waals surface area contributed by atoms with Crippen molar-refractivity contribution in [3.05, 3.63) is 60.6 Å². The Kier molecular flexibility index (Phi) is 9.96. The molecule has 3 aromatic heterocycles. The van der Waals surface area contributed by atoms with Crippen molar-refractivity contribution in [3.8, 4) is 0 Å². The third-order valence-electron chi connectivity index (χ3n) is 3.91. The van der Waals surface area contributed by atoms with Crippen LogP contribution in [0.4, 0.5) is 0 Å². The molecule has 0 radical (unpaired) electrons. The standard InChI is InChI=1S/C20H14N4O2.2Rb/c1-25-11-7-15-16(8-12-26-2)24-20-14-6-4-10-22-18(14)17-13(19(20)23-15)5-3-9-21-17;;/h5-12H,1-2H3;;/q-2;2*+1/b11-7+,12-8+;;. The fourth-order valence-electron chi connectivity index (χ4n) is 2.81. The molecule has 0 aliphatic rings. The Morgan fingerprint density at radius 2 is 1.14 bits per heavy atom. The van der Waals surface area contributed by atoms with Gasteiger partial charge in [0, 0.05) is 23.2 Å². The van der Waals surface area contributed by atoms with Crippen LogP contribution in [-0.2, 0) is 9.47 Å². The van der Waals surface area contributed by atoms with Gasteiger partial charge in [-0.1, -0.05) is 12.4 Å². The van der Waals surface area contributed by atoms with E-state index >= 15 is 0 Å². The average Bonchev–Trinajstić information content (AvgIpc) is 2.70. The Morgan fingerprint density at radius 3 is 1.54 bits per heavy atom. The number of methoxy groups -OCH3 is 2. The first kappa shape index (κ1) is 24.3. The van der Waals surface area contributed by atoms with Crippen LogP contribution in [0.2, 0.25) is 0 Å². The van der Waals surface area contributed by atoms with Crippen molar-refractivity contribution in [1.29, 1.82) is 0 Å². The number of benzene rings is 1. The van der Waals surface area contributed by atoms with E-state index in [9.17, 15) is 0 Å². The van der Waals surface area contributed by atoms with Crippen LogP contribution >= 0.6 is 0 Å². The van der Waals surface area contributed by atoms with Gasteiger partial charge >= 0.3 is 116 Å². The van der Waals surface area contributed by atoms with E-state index in [1.54, 1.807) is 51.3 Å². The Labute approximate surface area is 260 Å². The zero-order chi connectivity index (χ0) is 17.9. The third kappa shape index (κ3) is 4.86. The summed E-state index contributed by atoms with van der Waals surface area (Å²) in [5, 5.41) is 1.69. The Hall–Kier alpha value is 0.0704. The molecule has 0 aliphatic heterocycles. The van der Waals surface area contributed by atoms with Crippen molar-refractivity contribution in [2.45, 2.75) is 0 Å². The van der Waals surface area contributed by atoms with Crippen molar-refractivity contribution in [2.75, 3.05) is 14.2 Å². The van der Waals surface area contributed by atoms with E-state index in [4.69, 9.17) is 19.4 Å². The average molecular weight is 513 g/mol. The second kappa shape index (κ2) is 11.5. The topological polar surface area (TPSA) is 70.0 Å². The molecule has 4 aromatic rings. The first-order chi connectivity index (χ1) is 12.8. The third-order valence-corrected chi connectivity index (χ3v) is 3.91. The number of pyridine rings is 2. The van der Waals surface area contributed by atoms with Gasteiger partial charge in [-0.25, -0.2) is 24.3 Å². The van der Waals surface area contributed by atoms with Gasteiger partial charge in [0.25, 0.3) is 0 Å². The van der Waals surface area contributed by atoms with Crippen LogP contribution in [0.15, 0.2) is 37.1 Å². The number of hydrogen-bond acceptors (Lipinski definition) is 6. The molecule has 0 aliphatic carbocycles. The summed E-state index contributed by atoms with van der Waals surface area (Å²) < 4.78 is 10.1. The number of fused-ring (bicyclic) bond motifs is 6. The quantitative estimate of drug-likeness (QED) is 0.172. The molecule has 0 bridgehead atoms. The van der Waals surface area contributed by atoms with Crippen LogP contribution in [0.1, 0.15) is 11.4 Å². The molecule has 28 heavy (non-hydrogen) atoms. The number of hydrogen-bond donors (Lipinski definition) is 0. The predicted molar refractivity (Wildman–Crippen MR) is 99.9 cm³/mol. The van der Waals surface area contributed by atoms with Crippen LogP contribution in [0, 0.1) is 12.1 Å². The molecule has 0 unspecified atom stereocenters. The van der Waals surface area contributed by atoms with Gasteiger partial charge in [-0.15, -0.1) is 10.8 Å². The first-order valence-electron chi connectivity index (χ1n) is 7.87. The second-order valence-electron chi connectivity index (χ2n) is 5.43. The minimum atomic E-state index is 0. The number of ether oxygens (including phenoxy) is 2. The fourth-order valence-corrected chi connectivity index (χ4v) is 2.81. The Bertz CT molecular complexity index is 1090. The molecule has 0 amide bonds. The molecule has 1 aromatic carbocycles. The Morgan fingerprint density at radius 1 is 0.714 bits per heavy atom. The summed E-state index contributed by atoms with van der Waals surface area (Å²) in [7, 11) is 3.16. The van der Waals surface area contributed by atoms with Crippen molar-refractivity contribution in [1.82, 2.24) is 19.9 Å². The van der Waals surface area contributed by atoms with Crippen molar-refractivity contribution >= 4 is 45.0 Å². The molecule has 6 nitrogen and oxygen atoms in total. The summed E-state index contributed by atoms with van der Waals surface area (Å²) in [6.45, 7) is 0. The second-order valence-corrected chi connectivity index (χ2v) is 5.43. The van der Waals surface area contributed by atoms with Crippen molar-refractivity contribution < 1.29 is 126 Å². The van der Waals surface area contributed by atoms with E-state index in [0.717, 1.165) is 32.8 Å². The van der Waals surface area contributed by atoms with Gasteiger partial charge in [0.1, 0.15) is 0 Å². The first-order valence-corrected chi connectivity index (χ1v) is 7.87. The van der Waals surface area contributed by atoms with E-state index in [1.807, 2.05) is 12.1 Å². The normalized spacial score (nSPS) is 11.1. The molecule has 3 heterocycles. The maximum atomic E-state index is 5.04. The summed E-state index contributed by atoms with van der Waals surface area (Å²) >= 11 is 0. The fraction of sp³-hybridized carbons (Fsp3) is 0.100. The van der Waals surface area contributed by atoms with Crippen LogP contribution in [-0.4, -0.2) is 34.2 Å². The summed E-state index contributed by atoms with van der Waals surface area (Å²) in [6.07, 6.45) is 9.88. The summed E-state index contributed by atoms with van der Waals surface area (Å²) in [5.74, 6) is 0. The van der Waals surface area contributed by atoms with E-state index in [-0.39, 0.29) is 116 Å². The molecule has 0 saturated carbocycles. The largest absolute Gasteiger partial charge is 1.00 e. The van der Waals surface area contributed by atoms with Gasteiger partial charge in [-0.2, -0.15) is 0 Å². The van der Waals surface area contributed by atoms with Crippen LogP contribution < -0.4 is 116 Å². The molecule has 4 rings (SSSR count). The summed E-state index contributed by atoms with van der Waals surface area (Å²) in [5.41, 5.74) is 4.29. The van der Waals surface area contributed by atoms with Gasteiger partial charge in [0.05, 0.1) is 38.1 Å². The van der Waals surface area contributed by atoms with E-state index in [2.05, 4.69) is 22.1 Å². The zero-order valence-electron chi connectivity index (χ0n) is 16.2. The minimum Gasteiger partial charge on any atom is -0.504 e. The van der Waals surface area contributed by atoms with Gasteiger partial charge in [-0.3, -0.25) is 19.9 Å². The van der Waals surface area contributed by atoms with Gasteiger partial charge < -0.3 is 9.47 Å². The summed E-state index contributed by atoms with van der Waals surface area (Å²) in [4.78, 5) is 18.5. The maximum absolute atomic E-state index is 5.04. The SMILES string of the molecule is CO/C=C/c1nc2c3c[c-]cnc3c3nc[c-]cc3c2nc1/C=C/OC.[Rb+].[Rb+]. The molecular formula is C20H14N4O2Rb2. The van der Waals surface area contributed by atoms with E-state index < -0.39 is 0 Å². The Balaban J connectivity index is 0.00000140. The number of aromatic nitrogens is 4. The van der Waals surface area contributed by atoms with Crippen LogP contribution in [0.5, 0.6) is 0 Å². The van der Waals surface area contributed by atoms with E-state index in [1.165, 1.54) is 0 Å². The molecule has 128 valence electrons. The minimum absolute atomic E-state index is 0. The molecule has 8 heteroatoms. The molecule has 0 atom stereocenters. The zero-order valence-corrected chi connectivity index (χ0v) is 26.1. The van der Waals surface area contributed by atoms with Crippen LogP contribution in [0.25, 0.3) is 45.0 Å². The molecule has 0 spiro atoms. The van der Waals surface area contributed by atoms with Crippen LogP contribution in [0.3, 0.4) is 0 Å². The van der Waals surface area contributed by atoms with Gasteiger partial charge in [-0.05, 0) is 11.0 Å². The smallest absolute Gasteiger partial charge is 0.504 e. The van der Waals surface area contributed by atoms with Gasteiger partial charge in [0.2, 0.25) is 0 Å². The van der Waals surface area contributed by atoms with Crippen molar-refractivity contribution in [3.63, 3.8) is 0 Å². The number of nitrogens with zero attached hydrogens (tertiary/aromatic N) is 4. The number of rotatable bonds is 4. The molecule has 0 N–H and O–H groups in total. The van der Waals surface area contributed by atoms with Crippen molar-refractivity contribution in [2.24, 2.45) is 0 Å². The molecule has 0 fully saturated rings. The maximum Gasteiger partial charge on any atom is 1.00 e. The molecule has 0 saturated heterocycles. The van der Waals surface area contributed by atoms with E-state index in [0.29, 0.717) is 11.4 Å².